The third kappa shape index (κ3) is 5.88. The molecule has 99 valence electrons. The summed E-state index contributed by atoms with van der Waals surface area (Å²) < 4.78 is 15.2. The van der Waals surface area contributed by atoms with E-state index in [2.05, 4.69) is 26.3 Å². The molecule has 18 heavy (non-hydrogen) atoms. The Morgan fingerprint density at radius 3 is 1.83 bits per heavy atom. The predicted octanol–water partition coefficient (Wildman–Crippen LogP) is 3.25. The fourth-order valence-electron chi connectivity index (χ4n) is 0.824. The molecule has 0 bridgehead atoms. The van der Waals surface area contributed by atoms with Crippen LogP contribution in [-0.2, 0) is 9.28 Å². The van der Waals surface area contributed by atoms with Gasteiger partial charge in [-0.15, -0.1) is 0 Å². The van der Waals surface area contributed by atoms with Crippen LogP contribution in [0.5, 0.6) is 0 Å². The van der Waals surface area contributed by atoms with Crippen molar-refractivity contribution in [1.29, 1.82) is 0 Å². The molecule has 0 N–H and O–H groups in total. The van der Waals surface area contributed by atoms with Crippen molar-refractivity contribution in [2.75, 3.05) is 0 Å². The van der Waals surface area contributed by atoms with Crippen molar-refractivity contribution < 1.29 is 9.28 Å². The molecule has 3 nitrogen and oxygen atoms in total. The minimum atomic E-state index is -3.97. The van der Waals surface area contributed by atoms with Gasteiger partial charge in [-0.05, 0) is 0 Å². The Hall–Kier alpha value is 0.857. The van der Waals surface area contributed by atoms with Gasteiger partial charge < -0.3 is 0 Å². The average molecular weight is 524 g/mol. The number of alkyl halides is 3. The molecule has 0 rings (SSSR count). The number of hydrogen-bond donors (Lipinski definition) is 0. The molecule has 0 heterocycles. The average Bonchev–Trinajstić information content (AvgIpc) is 2.33. The van der Waals surface area contributed by atoms with E-state index in [9.17, 15) is 4.79 Å². The second kappa shape index (κ2) is 8.21. The second-order valence-corrected chi connectivity index (χ2v) is 21.4. The van der Waals surface area contributed by atoms with Crippen molar-refractivity contribution in [1.82, 2.24) is 0 Å². The molecule has 0 aromatic heterocycles. The molecule has 8 heteroatoms. The zero-order chi connectivity index (χ0) is 14.4. The van der Waals surface area contributed by atoms with Crippen LogP contribution in [0.3, 0.4) is 0 Å². The number of carbonyl (C=O) groups excluding carboxylic acids is 1. The van der Waals surface area contributed by atoms with E-state index in [1.54, 1.807) is 8.18 Å². The molecule has 0 aliphatic rings. The van der Waals surface area contributed by atoms with E-state index >= 15 is 0 Å². The first kappa shape index (κ1) is 18.9. The fourth-order valence-corrected chi connectivity index (χ4v) is 20.5. The first-order chi connectivity index (χ1) is 8.24. The molecule has 0 amide bonds. The summed E-state index contributed by atoms with van der Waals surface area (Å²) in [5, 5.41) is 0. The van der Waals surface area contributed by atoms with Gasteiger partial charge in [0.15, 0.2) is 0 Å². The molecule has 0 aromatic rings. The SMILES string of the molecule is C=[CH][Sn]([CH]=C)[O][Sn]([CH]=C)([CH]=C)[O]C(=O)C(Cl)(Cl)Cl. The van der Waals surface area contributed by atoms with E-state index < -0.39 is 49.1 Å². The number of halogens is 3. The van der Waals surface area contributed by atoms with Gasteiger partial charge in [0.25, 0.3) is 0 Å². The van der Waals surface area contributed by atoms with Gasteiger partial charge in [0.1, 0.15) is 0 Å². The van der Waals surface area contributed by atoms with E-state index in [0.717, 1.165) is 0 Å². The van der Waals surface area contributed by atoms with E-state index in [1.807, 2.05) is 0 Å². The summed E-state index contributed by atoms with van der Waals surface area (Å²) in [5.74, 6) is -0.987. The van der Waals surface area contributed by atoms with E-state index in [1.165, 1.54) is 8.18 Å². The van der Waals surface area contributed by atoms with Crippen molar-refractivity contribution in [3.05, 3.63) is 42.7 Å². The van der Waals surface area contributed by atoms with E-state index in [0.29, 0.717) is 0 Å². The van der Waals surface area contributed by atoms with E-state index in [-0.39, 0.29) is 0 Å². The van der Waals surface area contributed by atoms with Crippen molar-refractivity contribution in [3.63, 3.8) is 0 Å². The molecule has 0 fully saturated rings. The molecule has 0 atom stereocenters. The van der Waals surface area contributed by atoms with Crippen LogP contribution in [0.15, 0.2) is 42.7 Å². The van der Waals surface area contributed by atoms with Crippen LogP contribution in [0.4, 0.5) is 0 Å². The maximum absolute atomic E-state index is 11.6. The summed E-state index contributed by atoms with van der Waals surface area (Å²) in [6.07, 6.45) is 0. The van der Waals surface area contributed by atoms with Gasteiger partial charge in [-0.2, -0.15) is 0 Å². The van der Waals surface area contributed by atoms with Gasteiger partial charge in [-0.25, -0.2) is 0 Å². The first-order valence-corrected chi connectivity index (χ1v) is 15.8. The number of hydrogen-bond acceptors (Lipinski definition) is 3. The van der Waals surface area contributed by atoms with Gasteiger partial charge in [0, 0.05) is 0 Å². The van der Waals surface area contributed by atoms with Crippen LogP contribution in [0.25, 0.3) is 0 Å². The molecular weight excluding hydrogens is 512 g/mol. The van der Waals surface area contributed by atoms with Crippen LogP contribution in [-0.4, -0.2) is 49.1 Å². The molecule has 0 saturated heterocycles. The maximum atomic E-state index is 11.6. The summed E-state index contributed by atoms with van der Waals surface area (Å²) >= 11 is 9.90. The van der Waals surface area contributed by atoms with Crippen molar-refractivity contribution in [2.45, 2.75) is 3.79 Å². The van der Waals surface area contributed by atoms with Gasteiger partial charge in [0.2, 0.25) is 0 Å². The molecule has 0 aliphatic heterocycles. The summed E-state index contributed by atoms with van der Waals surface area (Å²) in [5.41, 5.74) is 0. The van der Waals surface area contributed by atoms with E-state index in [4.69, 9.17) is 39.3 Å². The topological polar surface area (TPSA) is 35.5 Å². The van der Waals surface area contributed by atoms with Crippen LogP contribution < -0.4 is 0 Å². The van der Waals surface area contributed by atoms with Crippen LogP contribution in [0.1, 0.15) is 0 Å². The number of carbonyl (C=O) groups is 1. The normalized spacial score (nSPS) is 11.8. The third-order valence-electron chi connectivity index (χ3n) is 1.73. The fraction of sp³-hybridized carbons (Fsp3) is 0.100. The molecular formula is C10H12Cl3O3Sn2. The van der Waals surface area contributed by atoms with Crippen molar-refractivity contribution in [2.24, 2.45) is 0 Å². The van der Waals surface area contributed by atoms with Gasteiger partial charge in [-0.3, -0.25) is 0 Å². The van der Waals surface area contributed by atoms with Crippen molar-refractivity contribution >= 4 is 80.2 Å². The van der Waals surface area contributed by atoms with Gasteiger partial charge in [0.05, 0.1) is 0 Å². The molecule has 0 spiro atoms. The summed E-state index contributed by atoms with van der Waals surface area (Å²) in [6.45, 7) is 14.5. The Kier molecular flexibility index (Phi) is 8.60. The Morgan fingerprint density at radius 2 is 1.56 bits per heavy atom. The monoisotopic (exact) mass is 525 g/mol. The predicted molar refractivity (Wildman–Crippen MR) is 79.8 cm³/mol. The van der Waals surface area contributed by atoms with Gasteiger partial charge >= 0.3 is 136 Å². The van der Waals surface area contributed by atoms with Crippen LogP contribution in [0.2, 0.25) is 0 Å². The zero-order valence-corrected chi connectivity index (χ0v) is 17.5. The summed E-state index contributed by atoms with van der Waals surface area (Å²) in [6, 6.07) is 0. The van der Waals surface area contributed by atoms with Crippen LogP contribution in [0, 0.1) is 0 Å². The standard InChI is InChI=1S/C2HCl3O2.4C2H3.O.2Sn/c3-2(4,5)1(6)7;4*1-2;;;/h(H,6,7);4*1H,2H2;;;/q;;;;;;;+1/p-1. The first-order valence-electron chi connectivity index (χ1n) is 4.63. The summed E-state index contributed by atoms with van der Waals surface area (Å²) in [4.78, 5) is 11.6. The number of rotatable bonds is 7. The zero-order valence-electron chi connectivity index (χ0n) is 9.50. The molecule has 0 aromatic carbocycles. The Morgan fingerprint density at radius 1 is 1.11 bits per heavy atom. The molecule has 0 unspecified atom stereocenters. The third-order valence-corrected chi connectivity index (χ3v) is 21.4. The Bertz CT molecular complexity index is 350. The Balaban J connectivity index is 5.10. The second-order valence-electron chi connectivity index (χ2n) is 2.93. The molecule has 1 radical (unpaired) electrons. The molecule has 0 saturated carbocycles. The Labute approximate surface area is 134 Å². The van der Waals surface area contributed by atoms with Gasteiger partial charge in [-0.1, -0.05) is 0 Å². The summed E-state index contributed by atoms with van der Waals surface area (Å²) in [7, 11) is 0. The quantitative estimate of drug-likeness (QED) is 0.380. The van der Waals surface area contributed by atoms with Crippen LogP contribution >= 0.6 is 34.8 Å². The minimum absolute atomic E-state index is 0.987. The van der Waals surface area contributed by atoms with Crippen molar-refractivity contribution in [3.8, 4) is 0 Å². The molecule has 0 aliphatic carbocycles.